The average molecular weight is 699 g/mol. The third-order valence-electron chi connectivity index (χ3n) is 7.00. The van der Waals surface area contributed by atoms with Crippen LogP contribution in [0.2, 0.25) is 0 Å². The standard InChI is InChI=1S/C40H34N4O8/c1-3-27-49-37-19-5-31(6-20-37)9-23-39(45)51-29-25-43(26-30-52-40(46)24-10-32-7-21-38(22-8-32)50-28-4-2)35-15-11-33(12-16-35)41-42-34-13-17-36(18-14-34)44(47)48/h1-2,5-24H,25-30H2. The number of non-ortho nitro benzene ring substituents is 1. The molecule has 0 spiro atoms. The van der Waals surface area contributed by atoms with Crippen LogP contribution < -0.4 is 14.4 Å². The van der Waals surface area contributed by atoms with Crippen LogP contribution in [0.25, 0.3) is 12.2 Å². The summed E-state index contributed by atoms with van der Waals surface area (Å²) in [6.45, 7) is 1.03. The van der Waals surface area contributed by atoms with Gasteiger partial charge in [-0.3, -0.25) is 10.1 Å². The molecule has 4 aromatic carbocycles. The molecule has 0 aliphatic carbocycles. The second-order valence-electron chi connectivity index (χ2n) is 10.6. The van der Waals surface area contributed by atoms with Gasteiger partial charge in [0.05, 0.1) is 29.4 Å². The summed E-state index contributed by atoms with van der Waals surface area (Å²) in [4.78, 5) is 37.2. The van der Waals surface area contributed by atoms with Crippen molar-refractivity contribution < 1.29 is 33.5 Å². The molecule has 262 valence electrons. The predicted octanol–water partition coefficient (Wildman–Crippen LogP) is 7.35. The minimum Gasteiger partial charge on any atom is -0.481 e. The van der Waals surface area contributed by atoms with Gasteiger partial charge >= 0.3 is 11.9 Å². The van der Waals surface area contributed by atoms with Gasteiger partial charge in [0.15, 0.2) is 0 Å². The second kappa shape index (κ2) is 20.4. The Balaban J connectivity index is 1.34. The minimum absolute atomic E-state index is 0.0397. The third kappa shape index (κ3) is 13.0. The summed E-state index contributed by atoms with van der Waals surface area (Å²) < 4.78 is 21.6. The molecule has 0 aromatic heterocycles. The number of azo groups is 1. The van der Waals surface area contributed by atoms with E-state index < -0.39 is 16.9 Å². The third-order valence-corrected chi connectivity index (χ3v) is 7.00. The number of hydrogen-bond acceptors (Lipinski definition) is 11. The summed E-state index contributed by atoms with van der Waals surface area (Å²) in [6, 6.07) is 27.0. The fourth-order valence-electron chi connectivity index (χ4n) is 4.39. The van der Waals surface area contributed by atoms with E-state index in [-0.39, 0.29) is 32.1 Å². The van der Waals surface area contributed by atoms with E-state index in [2.05, 4.69) is 22.1 Å². The molecule has 0 unspecified atom stereocenters. The fourth-order valence-corrected chi connectivity index (χ4v) is 4.39. The van der Waals surface area contributed by atoms with Crippen molar-refractivity contribution in [2.24, 2.45) is 10.2 Å². The SMILES string of the molecule is C#CCOc1ccc(C=CC(=O)OCCN(CCOC(=O)C=Cc2ccc(OCC#C)cc2)c2ccc(N=Nc3ccc([N+](=O)[O-])cc3)cc2)cc1. The van der Waals surface area contributed by atoms with Crippen LogP contribution in [0.4, 0.5) is 22.7 Å². The summed E-state index contributed by atoms with van der Waals surface area (Å²) in [5.41, 5.74) is 3.27. The number of carbonyl (C=O) groups excluding carboxylic acids is 2. The molecule has 0 bridgehead atoms. The first-order valence-corrected chi connectivity index (χ1v) is 15.9. The van der Waals surface area contributed by atoms with Gasteiger partial charge in [0.25, 0.3) is 5.69 Å². The number of ether oxygens (including phenoxy) is 4. The summed E-state index contributed by atoms with van der Waals surface area (Å²) in [7, 11) is 0. The molecule has 0 aliphatic rings. The highest BCUT2D eigenvalue weighted by molar-refractivity contribution is 5.87. The molecule has 0 heterocycles. The van der Waals surface area contributed by atoms with Crippen molar-refractivity contribution >= 4 is 46.8 Å². The number of terminal acetylenes is 2. The Morgan fingerprint density at radius 1 is 0.673 bits per heavy atom. The monoisotopic (exact) mass is 698 g/mol. The first-order valence-electron chi connectivity index (χ1n) is 15.9. The molecule has 0 amide bonds. The maximum absolute atomic E-state index is 12.5. The number of esters is 2. The maximum Gasteiger partial charge on any atom is 0.330 e. The minimum atomic E-state index is -0.526. The summed E-state index contributed by atoms with van der Waals surface area (Å²) in [5, 5.41) is 19.2. The Hall–Kier alpha value is -7.18. The van der Waals surface area contributed by atoms with Gasteiger partial charge in [0.1, 0.15) is 37.9 Å². The van der Waals surface area contributed by atoms with Crippen LogP contribution in [0.1, 0.15) is 11.1 Å². The van der Waals surface area contributed by atoms with E-state index in [1.165, 1.54) is 36.4 Å². The molecular weight excluding hydrogens is 664 g/mol. The molecule has 0 N–H and O–H groups in total. The van der Waals surface area contributed by atoms with Crippen molar-refractivity contribution in [1.29, 1.82) is 0 Å². The predicted molar refractivity (Wildman–Crippen MR) is 197 cm³/mol. The van der Waals surface area contributed by atoms with Crippen molar-refractivity contribution in [1.82, 2.24) is 0 Å². The lowest BCUT2D eigenvalue weighted by Gasteiger charge is -2.24. The van der Waals surface area contributed by atoms with Gasteiger partial charge in [-0.2, -0.15) is 10.2 Å². The van der Waals surface area contributed by atoms with Gasteiger partial charge < -0.3 is 23.8 Å². The quantitative estimate of drug-likeness (QED) is 0.0260. The molecule has 52 heavy (non-hydrogen) atoms. The Labute approximate surface area is 301 Å². The Morgan fingerprint density at radius 3 is 1.50 bits per heavy atom. The normalized spacial score (nSPS) is 10.8. The number of rotatable bonds is 18. The molecular formula is C40H34N4O8. The lowest BCUT2D eigenvalue weighted by molar-refractivity contribution is -0.384. The number of carbonyl (C=O) groups is 2. The van der Waals surface area contributed by atoms with Gasteiger partial charge in [-0.05, 0) is 83.9 Å². The number of hydrogen-bond donors (Lipinski definition) is 0. The van der Waals surface area contributed by atoms with Gasteiger partial charge in [-0.25, -0.2) is 9.59 Å². The number of nitrogens with zero attached hydrogens (tertiary/aromatic N) is 4. The molecule has 0 aliphatic heterocycles. The van der Waals surface area contributed by atoms with Crippen LogP contribution in [0.3, 0.4) is 0 Å². The van der Waals surface area contributed by atoms with Crippen LogP contribution in [0, 0.1) is 34.8 Å². The zero-order valence-corrected chi connectivity index (χ0v) is 28.0. The molecule has 0 saturated heterocycles. The molecule has 0 radical (unpaired) electrons. The van der Waals surface area contributed by atoms with Crippen molar-refractivity contribution in [3.63, 3.8) is 0 Å². The van der Waals surface area contributed by atoms with E-state index in [1.807, 2.05) is 17.0 Å². The van der Waals surface area contributed by atoms with Crippen LogP contribution >= 0.6 is 0 Å². The Kier molecular flexibility index (Phi) is 14.7. The summed E-state index contributed by atoms with van der Waals surface area (Å²) in [5.74, 6) is 5.00. The topological polar surface area (TPSA) is 142 Å². The lowest BCUT2D eigenvalue weighted by atomic mass is 10.2. The van der Waals surface area contributed by atoms with Gasteiger partial charge in [0.2, 0.25) is 0 Å². The van der Waals surface area contributed by atoms with Crippen LogP contribution in [0.5, 0.6) is 11.5 Å². The van der Waals surface area contributed by atoms with Crippen molar-refractivity contribution in [3.8, 4) is 36.2 Å². The highest BCUT2D eigenvalue weighted by Gasteiger charge is 2.10. The maximum atomic E-state index is 12.5. The van der Waals surface area contributed by atoms with Crippen molar-refractivity contribution in [2.45, 2.75) is 0 Å². The molecule has 0 saturated carbocycles. The van der Waals surface area contributed by atoms with Crippen molar-refractivity contribution in [2.75, 3.05) is 44.4 Å². The number of nitro benzene ring substituents is 1. The molecule has 0 atom stereocenters. The molecule has 0 fully saturated rings. The van der Waals surface area contributed by atoms with Gasteiger partial charge in [0, 0.05) is 30.0 Å². The number of nitro groups is 1. The zero-order valence-electron chi connectivity index (χ0n) is 28.0. The fraction of sp³-hybridized carbons (Fsp3) is 0.150. The summed E-state index contributed by atoms with van der Waals surface area (Å²) >= 11 is 0. The molecule has 12 heteroatoms. The van der Waals surface area contributed by atoms with E-state index >= 15 is 0 Å². The molecule has 4 rings (SSSR count). The van der Waals surface area contributed by atoms with Crippen LogP contribution in [0.15, 0.2) is 119 Å². The second-order valence-corrected chi connectivity index (χ2v) is 10.6. The van der Waals surface area contributed by atoms with E-state index in [1.54, 1.807) is 72.8 Å². The molecule has 4 aromatic rings. The van der Waals surface area contributed by atoms with E-state index in [4.69, 9.17) is 31.8 Å². The first-order chi connectivity index (χ1) is 25.3. The van der Waals surface area contributed by atoms with Gasteiger partial charge in [-0.1, -0.05) is 36.1 Å². The first kappa shape index (κ1) is 37.6. The number of benzene rings is 4. The zero-order chi connectivity index (χ0) is 37.0. The van der Waals surface area contributed by atoms with Crippen molar-refractivity contribution in [3.05, 3.63) is 130 Å². The highest BCUT2D eigenvalue weighted by atomic mass is 16.6. The highest BCUT2D eigenvalue weighted by Crippen LogP contribution is 2.24. The van der Waals surface area contributed by atoms with Crippen LogP contribution in [-0.2, 0) is 19.1 Å². The van der Waals surface area contributed by atoms with E-state index in [9.17, 15) is 19.7 Å². The van der Waals surface area contributed by atoms with Gasteiger partial charge in [-0.15, -0.1) is 12.8 Å². The van der Waals surface area contributed by atoms with Crippen LogP contribution in [-0.4, -0.2) is 56.4 Å². The summed E-state index contributed by atoms with van der Waals surface area (Å²) in [6.07, 6.45) is 16.3. The Bertz CT molecular complexity index is 1870. The van der Waals surface area contributed by atoms with E-state index in [0.29, 0.717) is 36.0 Å². The Morgan fingerprint density at radius 2 is 1.10 bits per heavy atom. The van der Waals surface area contributed by atoms with E-state index in [0.717, 1.165) is 16.8 Å². The smallest absolute Gasteiger partial charge is 0.330 e. The largest absolute Gasteiger partial charge is 0.481 e. The average Bonchev–Trinajstić information content (AvgIpc) is 3.17. The number of anilines is 1. The molecule has 12 nitrogen and oxygen atoms in total. The lowest BCUT2D eigenvalue weighted by Crippen LogP contribution is -2.31.